The fourth-order valence-corrected chi connectivity index (χ4v) is 3.72. The first-order valence-corrected chi connectivity index (χ1v) is 7.70. The number of allylic oxidation sites excluding steroid dienone is 2. The molecule has 0 bridgehead atoms. The molecule has 0 spiro atoms. The SMILES string of the molecule is C[C@H]1C=CC[C@H]2C(=O)N(c3ccc4ccccc4c3)C(=O)[C@H]12. The van der Waals surface area contributed by atoms with E-state index in [2.05, 4.69) is 6.08 Å². The van der Waals surface area contributed by atoms with E-state index in [0.717, 1.165) is 10.8 Å². The number of rotatable bonds is 1. The van der Waals surface area contributed by atoms with Crippen LogP contribution in [0.3, 0.4) is 0 Å². The number of benzene rings is 2. The molecule has 22 heavy (non-hydrogen) atoms. The summed E-state index contributed by atoms with van der Waals surface area (Å²) in [7, 11) is 0. The topological polar surface area (TPSA) is 37.4 Å². The molecule has 1 aliphatic heterocycles. The van der Waals surface area contributed by atoms with Crippen LogP contribution in [-0.2, 0) is 9.59 Å². The zero-order chi connectivity index (χ0) is 15.3. The molecule has 3 atom stereocenters. The van der Waals surface area contributed by atoms with Crippen molar-refractivity contribution < 1.29 is 9.59 Å². The summed E-state index contributed by atoms with van der Waals surface area (Å²) < 4.78 is 0. The fourth-order valence-electron chi connectivity index (χ4n) is 3.72. The minimum Gasteiger partial charge on any atom is -0.274 e. The molecule has 4 rings (SSSR count). The van der Waals surface area contributed by atoms with Crippen LogP contribution in [0.5, 0.6) is 0 Å². The Morgan fingerprint density at radius 3 is 2.55 bits per heavy atom. The molecule has 3 nitrogen and oxygen atoms in total. The van der Waals surface area contributed by atoms with Gasteiger partial charge in [-0.15, -0.1) is 0 Å². The number of nitrogens with zero attached hydrogens (tertiary/aromatic N) is 1. The quantitative estimate of drug-likeness (QED) is 0.595. The van der Waals surface area contributed by atoms with Crippen LogP contribution in [0.2, 0.25) is 0 Å². The largest absolute Gasteiger partial charge is 0.274 e. The van der Waals surface area contributed by atoms with Gasteiger partial charge in [-0.05, 0) is 35.2 Å². The Labute approximate surface area is 129 Å². The van der Waals surface area contributed by atoms with Crippen LogP contribution >= 0.6 is 0 Å². The van der Waals surface area contributed by atoms with Gasteiger partial charge in [0, 0.05) is 0 Å². The Kier molecular flexibility index (Phi) is 2.89. The van der Waals surface area contributed by atoms with E-state index in [1.54, 1.807) is 0 Å². The van der Waals surface area contributed by atoms with Crippen molar-refractivity contribution in [3.63, 3.8) is 0 Å². The number of fused-ring (bicyclic) bond motifs is 2. The lowest BCUT2D eigenvalue weighted by atomic mass is 9.78. The second kappa shape index (κ2) is 4.80. The van der Waals surface area contributed by atoms with Crippen LogP contribution in [0.25, 0.3) is 10.8 Å². The summed E-state index contributed by atoms with van der Waals surface area (Å²) in [4.78, 5) is 26.9. The van der Waals surface area contributed by atoms with Crippen molar-refractivity contribution in [1.82, 2.24) is 0 Å². The van der Waals surface area contributed by atoms with E-state index in [9.17, 15) is 9.59 Å². The molecule has 2 amide bonds. The molecule has 2 aromatic rings. The summed E-state index contributed by atoms with van der Waals surface area (Å²) in [5.74, 6) is -0.382. The van der Waals surface area contributed by atoms with E-state index in [1.165, 1.54) is 4.90 Å². The second-order valence-corrected chi connectivity index (χ2v) is 6.20. The van der Waals surface area contributed by atoms with Crippen LogP contribution in [0.1, 0.15) is 13.3 Å². The summed E-state index contributed by atoms with van der Waals surface area (Å²) in [6, 6.07) is 13.7. The van der Waals surface area contributed by atoms with Gasteiger partial charge in [0.25, 0.3) is 0 Å². The van der Waals surface area contributed by atoms with Gasteiger partial charge in [-0.2, -0.15) is 0 Å². The van der Waals surface area contributed by atoms with Gasteiger partial charge in [0.05, 0.1) is 17.5 Å². The van der Waals surface area contributed by atoms with Gasteiger partial charge in [0.15, 0.2) is 0 Å². The third-order valence-corrected chi connectivity index (χ3v) is 4.86. The molecule has 3 heteroatoms. The van der Waals surface area contributed by atoms with E-state index in [-0.39, 0.29) is 29.6 Å². The molecule has 1 aliphatic carbocycles. The highest BCUT2D eigenvalue weighted by Gasteiger charge is 2.50. The minimum atomic E-state index is -0.205. The fraction of sp³-hybridized carbons (Fsp3) is 0.263. The first kappa shape index (κ1) is 13.3. The zero-order valence-corrected chi connectivity index (χ0v) is 12.4. The van der Waals surface area contributed by atoms with Gasteiger partial charge in [0.1, 0.15) is 0 Å². The Hall–Kier alpha value is -2.42. The lowest BCUT2D eigenvalue weighted by Crippen LogP contribution is -2.31. The molecule has 1 saturated heterocycles. The summed E-state index contributed by atoms with van der Waals surface area (Å²) in [5.41, 5.74) is 0.690. The van der Waals surface area contributed by atoms with Gasteiger partial charge in [-0.1, -0.05) is 49.4 Å². The predicted octanol–water partition coefficient (Wildman–Crippen LogP) is 3.54. The van der Waals surface area contributed by atoms with Crippen molar-refractivity contribution in [2.45, 2.75) is 13.3 Å². The maximum absolute atomic E-state index is 12.8. The number of anilines is 1. The van der Waals surface area contributed by atoms with Crippen molar-refractivity contribution >= 4 is 28.3 Å². The van der Waals surface area contributed by atoms with Gasteiger partial charge >= 0.3 is 0 Å². The number of imide groups is 1. The van der Waals surface area contributed by atoms with E-state index in [1.807, 2.05) is 55.5 Å². The average Bonchev–Trinajstić information content (AvgIpc) is 2.79. The van der Waals surface area contributed by atoms with Gasteiger partial charge in [-0.25, -0.2) is 0 Å². The highest BCUT2D eigenvalue weighted by molar-refractivity contribution is 6.22. The van der Waals surface area contributed by atoms with Crippen molar-refractivity contribution in [2.24, 2.45) is 17.8 Å². The number of carbonyl (C=O) groups is 2. The maximum Gasteiger partial charge on any atom is 0.238 e. The Morgan fingerprint density at radius 1 is 1.00 bits per heavy atom. The third-order valence-electron chi connectivity index (χ3n) is 4.86. The van der Waals surface area contributed by atoms with Crippen molar-refractivity contribution in [1.29, 1.82) is 0 Å². The molecule has 0 unspecified atom stereocenters. The Balaban J connectivity index is 1.78. The summed E-state index contributed by atoms with van der Waals surface area (Å²) in [5, 5.41) is 2.15. The standard InChI is InChI=1S/C19H17NO2/c1-12-5-4-8-16-17(12)19(22)20(18(16)21)15-10-9-13-6-2-3-7-14(13)11-15/h2-7,9-12,16-17H,8H2,1H3/t12-,16+,17+/m0/s1. The predicted molar refractivity (Wildman–Crippen MR) is 86.3 cm³/mol. The van der Waals surface area contributed by atoms with Crippen molar-refractivity contribution in [2.75, 3.05) is 4.90 Å². The molecule has 1 heterocycles. The Bertz CT molecular complexity index is 808. The molecule has 110 valence electrons. The molecule has 2 aromatic carbocycles. The molecule has 0 aromatic heterocycles. The Morgan fingerprint density at radius 2 is 1.77 bits per heavy atom. The first-order chi connectivity index (χ1) is 10.7. The van der Waals surface area contributed by atoms with Gasteiger partial charge < -0.3 is 0 Å². The number of amides is 2. The van der Waals surface area contributed by atoms with Crippen LogP contribution in [0, 0.1) is 17.8 Å². The smallest absolute Gasteiger partial charge is 0.238 e. The van der Waals surface area contributed by atoms with E-state index in [4.69, 9.17) is 0 Å². The van der Waals surface area contributed by atoms with Crippen LogP contribution in [-0.4, -0.2) is 11.8 Å². The molecule has 0 N–H and O–H groups in total. The van der Waals surface area contributed by atoms with E-state index < -0.39 is 0 Å². The summed E-state index contributed by atoms with van der Waals surface area (Å²) in [6.45, 7) is 2.02. The lowest BCUT2D eigenvalue weighted by molar-refractivity contribution is -0.122. The molecule has 1 fully saturated rings. The van der Waals surface area contributed by atoms with Crippen molar-refractivity contribution in [3.05, 3.63) is 54.6 Å². The van der Waals surface area contributed by atoms with Gasteiger partial charge in [0.2, 0.25) is 11.8 Å². The molecule has 0 radical (unpaired) electrons. The zero-order valence-electron chi connectivity index (χ0n) is 12.4. The third kappa shape index (κ3) is 1.82. The molecule has 2 aliphatic rings. The normalized spacial score (nSPS) is 27.5. The average molecular weight is 291 g/mol. The van der Waals surface area contributed by atoms with E-state index >= 15 is 0 Å². The second-order valence-electron chi connectivity index (χ2n) is 6.20. The first-order valence-electron chi connectivity index (χ1n) is 7.70. The highest BCUT2D eigenvalue weighted by atomic mass is 16.2. The van der Waals surface area contributed by atoms with Crippen LogP contribution in [0.4, 0.5) is 5.69 Å². The molecular formula is C19H17NO2. The number of hydrogen-bond acceptors (Lipinski definition) is 2. The summed E-state index contributed by atoms with van der Waals surface area (Å²) in [6.07, 6.45) is 4.75. The molecular weight excluding hydrogens is 274 g/mol. The highest BCUT2D eigenvalue weighted by Crippen LogP contribution is 2.40. The number of hydrogen-bond donors (Lipinski definition) is 0. The molecule has 0 saturated carbocycles. The summed E-state index contributed by atoms with van der Waals surface area (Å²) >= 11 is 0. The lowest BCUT2D eigenvalue weighted by Gasteiger charge is -2.22. The number of carbonyl (C=O) groups excluding carboxylic acids is 2. The monoisotopic (exact) mass is 291 g/mol. The van der Waals surface area contributed by atoms with E-state index in [0.29, 0.717) is 12.1 Å². The van der Waals surface area contributed by atoms with Crippen LogP contribution in [0.15, 0.2) is 54.6 Å². The maximum atomic E-state index is 12.8. The van der Waals surface area contributed by atoms with Crippen molar-refractivity contribution in [3.8, 4) is 0 Å². The van der Waals surface area contributed by atoms with Crippen LogP contribution < -0.4 is 4.90 Å². The van der Waals surface area contributed by atoms with Gasteiger partial charge in [-0.3, -0.25) is 14.5 Å². The minimum absolute atomic E-state index is 0.0536.